The van der Waals surface area contributed by atoms with Crippen LogP contribution in [0.5, 0.6) is 11.5 Å². The number of thiophene rings is 1. The SMILES string of the molecule is COc1ccc([C@@H](c2cc(C)sc2NC(=O)c2ccco2)N2CCCCC2)cc1OC. The quantitative estimate of drug-likeness (QED) is 0.526. The van der Waals surface area contributed by atoms with Gasteiger partial charge in [0.05, 0.1) is 26.5 Å². The molecular formula is C24H28N2O4S. The summed E-state index contributed by atoms with van der Waals surface area (Å²) in [5.41, 5.74) is 2.21. The van der Waals surface area contributed by atoms with Crippen LogP contribution in [0.15, 0.2) is 47.1 Å². The topological polar surface area (TPSA) is 63.9 Å². The van der Waals surface area contributed by atoms with Gasteiger partial charge in [0.2, 0.25) is 0 Å². The van der Waals surface area contributed by atoms with Crippen LogP contribution in [0.2, 0.25) is 0 Å². The summed E-state index contributed by atoms with van der Waals surface area (Å²) in [5.74, 6) is 1.47. The first-order valence-corrected chi connectivity index (χ1v) is 11.3. The van der Waals surface area contributed by atoms with Gasteiger partial charge in [0, 0.05) is 10.4 Å². The molecule has 1 fully saturated rings. The Hall–Kier alpha value is -2.77. The second-order valence-corrected chi connectivity index (χ2v) is 8.94. The average molecular weight is 441 g/mol. The van der Waals surface area contributed by atoms with Gasteiger partial charge in [-0.2, -0.15) is 0 Å². The zero-order valence-electron chi connectivity index (χ0n) is 18.1. The zero-order chi connectivity index (χ0) is 21.8. The third-order valence-corrected chi connectivity index (χ3v) is 6.61. The molecule has 1 atom stereocenters. The summed E-state index contributed by atoms with van der Waals surface area (Å²) in [6.07, 6.45) is 5.09. The highest BCUT2D eigenvalue weighted by Gasteiger charge is 2.29. The van der Waals surface area contributed by atoms with Gasteiger partial charge in [0.25, 0.3) is 5.91 Å². The van der Waals surface area contributed by atoms with E-state index >= 15 is 0 Å². The molecule has 1 aliphatic heterocycles. The van der Waals surface area contributed by atoms with Crippen LogP contribution >= 0.6 is 11.3 Å². The number of hydrogen-bond acceptors (Lipinski definition) is 6. The molecule has 31 heavy (non-hydrogen) atoms. The van der Waals surface area contributed by atoms with E-state index in [9.17, 15) is 4.79 Å². The van der Waals surface area contributed by atoms with Gasteiger partial charge in [-0.1, -0.05) is 12.5 Å². The number of methoxy groups -OCH3 is 2. The highest BCUT2D eigenvalue weighted by Crippen LogP contribution is 2.42. The minimum absolute atomic E-state index is 0.0111. The number of carbonyl (C=O) groups is 1. The molecule has 0 saturated carbocycles. The summed E-state index contributed by atoms with van der Waals surface area (Å²) in [4.78, 5) is 16.3. The molecule has 3 heterocycles. The standard InChI is InChI=1S/C24H28N2O4S/c1-16-14-18(24(31-16)25-23(27)20-8-7-13-30-20)22(26-11-5-4-6-12-26)17-9-10-19(28-2)21(15-17)29-3/h7-10,13-15,22H,4-6,11-12H2,1-3H3,(H,25,27)/t22-/m0/s1. The Bertz CT molecular complexity index is 1020. The van der Waals surface area contributed by atoms with Crippen LogP contribution in [0.25, 0.3) is 0 Å². The Morgan fingerprint density at radius 1 is 1.10 bits per heavy atom. The monoisotopic (exact) mass is 440 g/mol. The molecule has 0 bridgehead atoms. The van der Waals surface area contributed by atoms with Gasteiger partial charge in [0.15, 0.2) is 17.3 Å². The summed E-state index contributed by atoms with van der Waals surface area (Å²) in [5, 5.41) is 3.93. The first-order chi connectivity index (χ1) is 15.1. The summed E-state index contributed by atoms with van der Waals surface area (Å²) < 4.78 is 16.3. The zero-order valence-corrected chi connectivity index (χ0v) is 19.0. The van der Waals surface area contributed by atoms with E-state index in [0.29, 0.717) is 17.3 Å². The third kappa shape index (κ3) is 4.62. The van der Waals surface area contributed by atoms with E-state index in [2.05, 4.69) is 29.3 Å². The lowest BCUT2D eigenvalue weighted by Crippen LogP contribution is -2.34. The average Bonchev–Trinajstić information content (AvgIpc) is 3.45. The number of carbonyl (C=O) groups excluding carboxylic acids is 1. The molecule has 0 aliphatic carbocycles. The number of anilines is 1. The third-order valence-electron chi connectivity index (χ3n) is 5.63. The van der Waals surface area contributed by atoms with Crippen LogP contribution < -0.4 is 14.8 Å². The number of likely N-dealkylation sites (tertiary alicyclic amines) is 1. The number of nitrogens with one attached hydrogen (secondary N) is 1. The van der Waals surface area contributed by atoms with Crippen molar-refractivity contribution in [3.63, 3.8) is 0 Å². The van der Waals surface area contributed by atoms with Crippen molar-refractivity contribution in [2.45, 2.75) is 32.2 Å². The number of hydrogen-bond donors (Lipinski definition) is 1. The van der Waals surface area contributed by atoms with Crippen molar-refractivity contribution in [2.75, 3.05) is 32.6 Å². The largest absolute Gasteiger partial charge is 0.493 e. The van der Waals surface area contributed by atoms with Gasteiger partial charge in [-0.05, 0) is 68.8 Å². The van der Waals surface area contributed by atoms with Crippen LogP contribution in [-0.2, 0) is 0 Å². The molecule has 0 unspecified atom stereocenters. The summed E-state index contributed by atoms with van der Waals surface area (Å²) in [6, 6.07) is 11.7. The van der Waals surface area contributed by atoms with Gasteiger partial charge >= 0.3 is 0 Å². The fourth-order valence-corrected chi connectivity index (χ4v) is 5.13. The second kappa shape index (κ2) is 9.58. The smallest absolute Gasteiger partial charge is 0.291 e. The van der Waals surface area contributed by atoms with Crippen molar-refractivity contribution in [2.24, 2.45) is 0 Å². The Morgan fingerprint density at radius 3 is 2.55 bits per heavy atom. The van der Waals surface area contributed by atoms with E-state index in [1.807, 2.05) is 12.1 Å². The fraction of sp³-hybridized carbons (Fsp3) is 0.375. The number of amides is 1. The van der Waals surface area contributed by atoms with E-state index < -0.39 is 0 Å². The molecule has 4 rings (SSSR count). The molecule has 0 spiro atoms. The van der Waals surface area contributed by atoms with Crippen LogP contribution in [0.4, 0.5) is 5.00 Å². The maximum atomic E-state index is 12.7. The van der Waals surface area contributed by atoms with Crippen LogP contribution in [0.3, 0.4) is 0 Å². The molecule has 7 heteroatoms. The molecular weight excluding hydrogens is 412 g/mol. The maximum Gasteiger partial charge on any atom is 0.291 e. The lowest BCUT2D eigenvalue weighted by atomic mass is 9.95. The normalized spacial score (nSPS) is 15.5. The first-order valence-electron chi connectivity index (χ1n) is 10.5. The van der Waals surface area contributed by atoms with Crippen molar-refractivity contribution in [1.82, 2.24) is 4.90 Å². The molecule has 2 aromatic heterocycles. The molecule has 6 nitrogen and oxygen atoms in total. The summed E-state index contributed by atoms with van der Waals surface area (Å²) in [7, 11) is 3.30. The number of ether oxygens (including phenoxy) is 2. The number of aryl methyl sites for hydroxylation is 1. The second-order valence-electron chi connectivity index (χ2n) is 7.69. The van der Waals surface area contributed by atoms with Crippen molar-refractivity contribution < 1.29 is 18.7 Å². The number of rotatable bonds is 7. The Balaban J connectivity index is 1.75. The molecule has 1 saturated heterocycles. The van der Waals surface area contributed by atoms with Gasteiger partial charge in [-0.25, -0.2) is 0 Å². The van der Waals surface area contributed by atoms with E-state index in [1.54, 1.807) is 37.7 Å². The van der Waals surface area contributed by atoms with Gasteiger partial charge in [-0.15, -0.1) is 11.3 Å². The van der Waals surface area contributed by atoms with E-state index in [0.717, 1.165) is 34.1 Å². The lowest BCUT2D eigenvalue weighted by molar-refractivity contribution is 0.0996. The van der Waals surface area contributed by atoms with Gasteiger partial charge in [-0.3, -0.25) is 9.69 Å². The number of benzene rings is 1. The lowest BCUT2D eigenvalue weighted by Gasteiger charge is -2.35. The predicted molar refractivity (Wildman–Crippen MR) is 123 cm³/mol. The highest BCUT2D eigenvalue weighted by atomic mass is 32.1. The van der Waals surface area contributed by atoms with Gasteiger partial charge in [0.1, 0.15) is 5.00 Å². The van der Waals surface area contributed by atoms with Crippen molar-refractivity contribution in [3.8, 4) is 11.5 Å². The molecule has 1 N–H and O–H groups in total. The minimum atomic E-state index is -0.238. The Labute approximate surface area is 186 Å². The molecule has 3 aromatic rings. The number of furan rings is 1. The van der Waals surface area contributed by atoms with Crippen molar-refractivity contribution in [1.29, 1.82) is 0 Å². The van der Waals surface area contributed by atoms with Crippen LogP contribution in [0.1, 0.15) is 51.9 Å². The number of piperidine rings is 1. The Kier molecular flexibility index (Phi) is 6.63. The molecule has 1 aliphatic rings. The van der Waals surface area contributed by atoms with Crippen molar-refractivity contribution in [3.05, 3.63) is 64.4 Å². The van der Waals surface area contributed by atoms with E-state index in [-0.39, 0.29) is 11.9 Å². The maximum absolute atomic E-state index is 12.7. The fourth-order valence-electron chi connectivity index (χ4n) is 4.19. The summed E-state index contributed by atoms with van der Waals surface area (Å²) >= 11 is 1.59. The molecule has 1 amide bonds. The van der Waals surface area contributed by atoms with E-state index in [4.69, 9.17) is 13.9 Å². The minimum Gasteiger partial charge on any atom is -0.493 e. The molecule has 0 radical (unpaired) electrons. The van der Waals surface area contributed by atoms with Crippen molar-refractivity contribution >= 4 is 22.2 Å². The van der Waals surface area contributed by atoms with Crippen LogP contribution in [0, 0.1) is 6.92 Å². The number of nitrogens with zero attached hydrogens (tertiary/aromatic N) is 1. The molecule has 164 valence electrons. The highest BCUT2D eigenvalue weighted by molar-refractivity contribution is 7.16. The van der Waals surface area contributed by atoms with Gasteiger partial charge < -0.3 is 19.2 Å². The molecule has 1 aromatic carbocycles. The van der Waals surface area contributed by atoms with E-state index in [1.165, 1.54) is 25.5 Å². The summed E-state index contributed by atoms with van der Waals surface area (Å²) in [6.45, 7) is 4.09. The predicted octanol–water partition coefficient (Wildman–Crippen LogP) is 5.49. The first kappa shape index (κ1) is 21.5. The van der Waals surface area contributed by atoms with Crippen LogP contribution in [-0.4, -0.2) is 38.1 Å². The Morgan fingerprint density at radius 2 is 1.87 bits per heavy atom.